The average molecular weight is 469 g/mol. The number of nitro benzene ring substituents is 1. The van der Waals surface area contributed by atoms with Crippen LogP contribution in [0, 0.1) is 22.5 Å². The Morgan fingerprint density at radius 2 is 1.74 bits per heavy atom. The van der Waals surface area contributed by atoms with Crippen LogP contribution in [0.15, 0.2) is 48.5 Å². The van der Waals surface area contributed by atoms with E-state index in [-0.39, 0.29) is 11.7 Å². The molecule has 1 saturated carbocycles. The van der Waals surface area contributed by atoms with Crippen LogP contribution in [0.25, 0.3) is 21.9 Å². The van der Waals surface area contributed by atoms with Gasteiger partial charge in [0.15, 0.2) is 5.75 Å². The Morgan fingerprint density at radius 1 is 0.971 bits per heavy atom. The fourth-order valence-electron chi connectivity index (χ4n) is 6.14. The minimum absolute atomic E-state index is 0.0609. The molecule has 2 aliphatic carbocycles. The van der Waals surface area contributed by atoms with Crippen molar-refractivity contribution in [1.29, 1.82) is 0 Å². The van der Waals surface area contributed by atoms with Crippen LogP contribution in [0.1, 0.15) is 50.7 Å². The molecule has 0 amide bonds. The molecule has 2 aromatic heterocycles. The SMILES string of the molecule is Cc1ccc2cccc(OC(=O)C34CCC(C)(c5nc6ccc([N+](=O)[O-])cc6nc53)C4(C)C)c2n1. The normalized spacial score (nSPS) is 24.0. The highest BCUT2D eigenvalue weighted by molar-refractivity contribution is 5.93. The molecule has 8 nitrogen and oxygen atoms in total. The summed E-state index contributed by atoms with van der Waals surface area (Å²) < 4.78 is 6.12. The Balaban J connectivity index is 1.54. The number of carbonyl (C=O) groups is 1. The number of esters is 1. The summed E-state index contributed by atoms with van der Waals surface area (Å²) >= 11 is 0. The number of aryl methyl sites for hydroxylation is 1. The molecule has 6 rings (SSSR count). The molecule has 8 heteroatoms. The molecular formula is C27H24N4O4. The van der Waals surface area contributed by atoms with Gasteiger partial charge in [0.1, 0.15) is 10.9 Å². The first-order valence-corrected chi connectivity index (χ1v) is 11.6. The van der Waals surface area contributed by atoms with Crippen LogP contribution in [0.3, 0.4) is 0 Å². The number of carbonyl (C=O) groups excluding carboxylic acids is 1. The highest BCUT2D eigenvalue weighted by Crippen LogP contribution is 2.70. The predicted molar refractivity (Wildman–Crippen MR) is 130 cm³/mol. The highest BCUT2D eigenvalue weighted by Gasteiger charge is 2.74. The van der Waals surface area contributed by atoms with Crippen LogP contribution in [-0.4, -0.2) is 25.8 Å². The number of nitro groups is 1. The van der Waals surface area contributed by atoms with Gasteiger partial charge >= 0.3 is 5.97 Å². The third kappa shape index (κ3) is 2.62. The zero-order valence-electron chi connectivity index (χ0n) is 20.0. The average Bonchev–Trinajstić information content (AvgIpc) is 3.12. The Morgan fingerprint density at radius 3 is 2.51 bits per heavy atom. The van der Waals surface area contributed by atoms with Crippen LogP contribution >= 0.6 is 0 Å². The number of rotatable bonds is 3. The van der Waals surface area contributed by atoms with Crippen molar-refractivity contribution in [3.05, 3.63) is 75.7 Å². The maximum atomic E-state index is 14.1. The fraction of sp³-hybridized carbons (Fsp3) is 0.333. The van der Waals surface area contributed by atoms with E-state index in [1.807, 2.05) is 31.2 Å². The molecule has 0 saturated heterocycles. The van der Waals surface area contributed by atoms with Crippen molar-refractivity contribution in [2.75, 3.05) is 0 Å². The lowest BCUT2D eigenvalue weighted by Gasteiger charge is -2.38. The molecule has 35 heavy (non-hydrogen) atoms. The third-order valence-electron chi connectivity index (χ3n) is 8.61. The molecule has 2 heterocycles. The fourth-order valence-corrected chi connectivity index (χ4v) is 6.14. The molecule has 0 aliphatic heterocycles. The second kappa shape index (κ2) is 6.81. The highest BCUT2D eigenvalue weighted by atomic mass is 16.6. The number of fused-ring (bicyclic) bond motifs is 7. The lowest BCUT2D eigenvalue weighted by molar-refractivity contribution is -0.384. The van der Waals surface area contributed by atoms with Gasteiger partial charge in [-0.2, -0.15) is 0 Å². The van der Waals surface area contributed by atoms with E-state index >= 15 is 0 Å². The van der Waals surface area contributed by atoms with E-state index in [1.54, 1.807) is 12.1 Å². The van der Waals surface area contributed by atoms with Crippen molar-refractivity contribution < 1.29 is 14.5 Å². The molecule has 0 N–H and O–H groups in total. The van der Waals surface area contributed by atoms with E-state index in [2.05, 4.69) is 25.8 Å². The maximum Gasteiger partial charge on any atom is 0.324 e. The van der Waals surface area contributed by atoms with Crippen molar-refractivity contribution in [3.63, 3.8) is 0 Å². The maximum absolute atomic E-state index is 14.1. The summed E-state index contributed by atoms with van der Waals surface area (Å²) in [4.78, 5) is 39.4. The minimum atomic E-state index is -1.03. The lowest BCUT2D eigenvalue weighted by Crippen LogP contribution is -2.48. The molecule has 2 atom stereocenters. The number of benzene rings is 2. The van der Waals surface area contributed by atoms with Crippen molar-refractivity contribution in [2.24, 2.45) is 5.41 Å². The molecule has 2 unspecified atom stereocenters. The van der Waals surface area contributed by atoms with E-state index in [4.69, 9.17) is 14.7 Å². The number of ether oxygens (including phenoxy) is 1. The predicted octanol–water partition coefficient (Wildman–Crippen LogP) is 5.33. The molecule has 2 bridgehead atoms. The number of hydrogen-bond acceptors (Lipinski definition) is 7. The van der Waals surface area contributed by atoms with E-state index in [0.29, 0.717) is 34.4 Å². The summed E-state index contributed by atoms with van der Waals surface area (Å²) in [5.74, 6) is 0.0210. The van der Waals surface area contributed by atoms with Gasteiger partial charge in [-0.25, -0.2) is 15.0 Å². The summed E-state index contributed by atoms with van der Waals surface area (Å²) in [6.07, 6.45) is 1.33. The minimum Gasteiger partial charge on any atom is -0.423 e. The second-order valence-corrected chi connectivity index (χ2v) is 10.4. The number of non-ortho nitro benzene ring substituents is 1. The van der Waals surface area contributed by atoms with Crippen molar-refractivity contribution >= 4 is 33.6 Å². The molecule has 2 aliphatic rings. The Bertz CT molecular complexity index is 1600. The van der Waals surface area contributed by atoms with E-state index in [0.717, 1.165) is 23.2 Å². The van der Waals surface area contributed by atoms with Gasteiger partial charge < -0.3 is 4.74 Å². The van der Waals surface area contributed by atoms with E-state index in [9.17, 15) is 14.9 Å². The van der Waals surface area contributed by atoms with Crippen LogP contribution < -0.4 is 4.74 Å². The van der Waals surface area contributed by atoms with Crippen LogP contribution in [0.4, 0.5) is 5.69 Å². The van der Waals surface area contributed by atoms with Crippen LogP contribution in [-0.2, 0) is 15.6 Å². The van der Waals surface area contributed by atoms with E-state index < -0.39 is 21.2 Å². The van der Waals surface area contributed by atoms with Gasteiger partial charge in [0, 0.05) is 28.6 Å². The monoisotopic (exact) mass is 468 g/mol. The first-order chi connectivity index (χ1) is 16.6. The first-order valence-electron chi connectivity index (χ1n) is 11.6. The number of nitrogens with zero attached hydrogens (tertiary/aromatic N) is 4. The number of para-hydroxylation sites is 1. The van der Waals surface area contributed by atoms with Gasteiger partial charge in [-0.3, -0.25) is 14.9 Å². The summed E-state index contributed by atoms with van der Waals surface area (Å²) in [6.45, 7) is 8.17. The lowest BCUT2D eigenvalue weighted by atomic mass is 9.64. The molecule has 1 fully saturated rings. The standard InChI is InChI=1S/C27H24N4O4/c1-15-8-9-16-6-5-7-20(21(16)28-15)35-24(32)27-13-12-26(4,25(27,2)3)22-23(27)30-19-14-17(31(33)34)10-11-18(19)29-22/h5-11,14H,12-13H2,1-4H3. The summed E-state index contributed by atoms with van der Waals surface area (Å²) in [7, 11) is 0. The van der Waals surface area contributed by atoms with Crippen molar-refractivity contribution in [1.82, 2.24) is 15.0 Å². The van der Waals surface area contributed by atoms with Crippen LogP contribution in [0.5, 0.6) is 5.75 Å². The van der Waals surface area contributed by atoms with Gasteiger partial charge in [0.2, 0.25) is 0 Å². The van der Waals surface area contributed by atoms with Gasteiger partial charge in [-0.15, -0.1) is 0 Å². The molecule has 0 radical (unpaired) electrons. The van der Waals surface area contributed by atoms with Gasteiger partial charge in [-0.05, 0) is 43.4 Å². The molecule has 0 spiro atoms. The largest absolute Gasteiger partial charge is 0.423 e. The number of pyridine rings is 1. The number of hydrogen-bond donors (Lipinski definition) is 0. The Labute approximate surface area is 201 Å². The third-order valence-corrected chi connectivity index (χ3v) is 8.61. The molecule has 2 aromatic carbocycles. The zero-order valence-corrected chi connectivity index (χ0v) is 20.0. The van der Waals surface area contributed by atoms with Gasteiger partial charge in [0.05, 0.1) is 27.3 Å². The molecular weight excluding hydrogens is 444 g/mol. The van der Waals surface area contributed by atoms with Crippen LogP contribution in [0.2, 0.25) is 0 Å². The van der Waals surface area contributed by atoms with Gasteiger partial charge in [-0.1, -0.05) is 39.0 Å². The Hall–Kier alpha value is -3.94. The second-order valence-electron chi connectivity index (χ2n) is 10.4. The topological polar surface area (TPSA) is 108 Å². The number of aromatic nitrogens is 3. The quantitative estimate of drug-likeness (QED) is 0.173. The van der Waals surface area contributed by atoms with Gasteiger partial charge in [0.25, 0.3) is 5.69 Å². The summed E-state index contributed by atoms with van der Waals surface area (Å²) in [5.41, 5.74) is 1.78. The van der Waals surface area contributed by atoms with Crippen molar-refractivity contribution in [2.45, 2.75) is 51.4 Å². The molecule has 176 valence electrons. The Kier molecular flexibility index (Phi) is 4.20. The van der Waals surface area contributed by atoms with Crippen molar-refractivity contribution in [3.8, 4) is 5.75 Å². The zero-order chi connectivity index (χ0) is 24.8. The molecule has 4 aromatic rings. The summed E-state index contributed by atoms with van der Waals surface area (Å²) in [6, 6.07) is 13.9. The van der Waals surface area contributed by atoms with E-state index in [1.165, 1.54) is 12.1 Å². The summed E-state index contributed by atoms with van der Waals surface area (Å²) in [5, 5.41) is 12.2. The smallest absolute Gasteiger partial charge is 0.324 e. The first kappa shape index (κ1) is 21.6.